The van der Waals surface area contributed by atoms with Gasteiger partial charge in [0.05, 0.1) is 24.4 Å². The molecule has 2 heterocycles. The Kier molecular flexibility index (Phi) is 6.01. The molecule has 0 saturated heterocycles. The van der Waals surface area contributed by atoms with Gasteiger partial charge in [-0.3, -0.25) is 4.79 Å². The van der Waals surface area contributed by atoms with Crippen molar-refractivity contribution in [1.82, 2.24) is 4.90 Å². The highest BCUT2D eigenvalue weighted by molar-refractivity contribution is 7.09. The maximum atomic E-state index is 13.0. The number of amides is 1. The molecule has 0 aliphatic rings. The van der Waals surface area contributed by atoms with E-state index in [4.69, 9.17) is 20.8 Å². The van der Waals surface area contributed by atoms with Crippen molar-refractivity contribution in [1.29, 1.82) is 0 Å². The van der Waals surface area contributed by atoms with Crippen molar-refractivity contribution in [2.75, 3.05) is 0 Å². The van der Waals surface area contributed by atoms with Crippen molar-refractivity contribution >= 4 is 28.8 Å². The number of carbonyl (C=O) groups is 1. The minimum atomic E-state index is -0.663. The molecule has 1 aromatic carbocycles. The van der Waals surface area contributed by atoms with Crippen molar-refractivity contribution < 1.29 is 13.9 Å². The van der Waals surface area contributed by atoms with Gasteiger partial charge in [0.15, 0.2) is 6.10 Å². The zero-order valence-electron chi connectivity index (χ0n) is 14.6. The number of benzene rings is 1. The van der Waals surface area contributed by atoms with E-state index in [1.807, 2.05) is 48.7 Å². The number of thiophene rings is 1. The van der Waals surface area contributed by atoms with Crippen LogP contribution >= 0.6 is 22.9 Å². The number of rotatable bonds is 7. The minimum absolute atomic E-state index is 0.118. The van der Waals surface area contributed by atoms with Crippen LogP contribution in [0.2, 0.25) is 5.02 Å². The van der Waals surface area contributed by atoms with Crippen LogP contribution in [0.25, 0.3) is 0 Å². The first-order chi connectivity index (χ1) is 12.5. The molecule has 4 nitrogen and oxygen atoms in total. The number of nitrogens with zero attached hydrogens (tertiary/aromatic N) is 1. The summed E-state index contributed by atoms with van der Waals surface area (Å²) in [4.78, 5) is 15.9. The molecule has 3 rings (SSSR count). The summed E-state index contributed by atoms with van der Waals surface area (Å²) in [5.41, 5.74) is 1.02. The Morgan fingerprint density at radius 1 is 1.27 bits per heavy atom. The summed E-state index contributed by atoms with van der Waals surface area (Å²) in [6, 6.07) is 13.2. The molecule has 2 aromatic heterocycles. The summed E-state index contributed by atoms with van der Waals surface area (Å²) in [5.74, 6) is 1.13. The van der Waals surface area contributed by atoms with Crippen molar-refractivity contribution in [2.24, 2.45) is 0 Å². The molecule has 26 heavy (non-hydrogen) atoms. The smallest absolute Gasteiger partial charge is 0.264 e. The molecular formula is C20H20ClNO3S. The molecule has 0 saturated carbocycles. The Hall–Kier alpha value is -2.24. The summed E-state index contributed by atoms with van der Waals surface area (Å²) >= 11 is 7.81. The Morgan fingerprint density at radius 2 is 2.12 bits per heavy atom. The molecule has 1 atom stereocenters. The van der Waals surface area contributed by atoms with Gasteiger partial charge in [0, 0.05) is 4.88 Å². The summed E-state index contributed by atoms with van der Waals surface area (Å²) < 4.78 is 11.3. The Labute approximate surface area is 162 Å². The molecule has 0 bridgehead atoms. The molecule has 0 radical (unpaired) electrons. The van der Waals surface area contributed by atoms with Gasteiger partial charge in [0.1, 0.15) is 11.5 Å². The number of ether oxygens (including phenoxy) is 1. The summed E-state index contributed by atoms with van der Waals surface area (Å²) in [5, 5.41) is 2.49. The highest BCUT2D eigenvalue weighted by Crippen LogP contribution is 2.27. The van der Waals surface area contributed by atoms with Gasteiger partial charge < -0.3 is 14.1 Å². The molecular weight excluding hydrogens is 370 g/mol. The minimum Gasteiger partial charge on any atom is -0.479 e. The largest absolute Gasteiger partial charge is 0.479 e. The van der Waals surface area contributed by atoms with Crippen LogP contribution in [0.1, 0.15) is 23.1 Å². The van der Waals surface area contributed by atoms with Crippen molar-refractivity contribution in [2.45, 2.75) is 33.0 Å². The van der Waals surface area contributed by atoms with Crippen LogP contribution in [-0.4, -0.2) is 16.9 Å². The van der Waals surface area contributed by atoms with E-state index in [1.54, 1.807) is 35.5 Å². The van der Waals surface area contributed by atoms with Gasteiger partial charge in [0.2, 0.25) is 0 Å². The topological polar surface area (TPSA) is 42.7 Å². The lowest BCUT2D eigenvalue weighted by Gasteiger charge is -2.25. The summed E-state index contributed by atoms with van der Waals surface area (Å²) in [7, 11) is 0. The molecule has 0 N–H and O–H groups in total. The van der Waals surface area contributed by atoms with E-state index in [1.165, 1.54) is 0 Å². The lowest BCUT2D eigenvalue weighted by Crippen LogP contribution is -2.39. The maximum absolute atomic E-state index is 13.0. The second-order valence-corrected chi connectivity index (χ2v) is 7.49. The number of carbonyl (C=O) groups excluding carboxylic acids is 1. The average molecular weight is 390 g/mol. The Bertz CT molecular complexity index is 810. The highest BCUT2D eigenvalue weighted by Gasteiger charge is 2.24. The first-order valence-corrected chi connectivity index (χ1v) is 9.55. The van der Waals surface area contributed by atoms with E-state index in [0.717, 1.165) is 16.2 Å². The van der Waals surface area contributed by atoms with E-state index < -0.39 is 6.10 Å². The highest BCUT2D eigenvalue weighted by atomic mass is 35.5. The van der Waals surface area contributed by atoms with E-state index in [9.17, 15) is 4.79 Å². The average Bonchev–Trinajstić information content (AvgIpc) is 3.31. The van der Waals surface area contributed by atoms with Gasteiger partial charge in [-0.2, -0.15) is 0 Å². The molecule has 0 fully saturated rings. The van der Waals surface area contributed by atoms with E-state index in [2.05, 4.69) is 0 Å². The Morgan fingerprint density at radius 3 is 2.81 bits per heavy atom. The van der Waals surface area contributed by atoms with Crippen LogP contribution in [-0.2, 0) is 17.9 Å². The van der Waals surface area contributed by atoms with Crippen LogP contribution in [0.4, 0.5) is 0 Å². The van der Waals surface area contributed by atoms with Crippen LogP contribution in [0.15, 0.2) is 58.5 Å². The molecule has 136 valence electrons. The monoisotopic (exact) mass is 389 g/mol. The third-order valence-corrected chi connectivity index (χ3v) is 5.08. The zero-order valence-corrected chi connectivity index (χ0v) is 16.2. The molecule has 1 amide bonds. The molecule has 0 aliphatic heterocycles. The van der Waals surface area contributed by atoms with E-state index in [0.29, 0.717) is 23.9 Å². The maximum Gasteiger partial charge on any atom is 0.264 e. The van der Waals surface area contributed by atoms with Gasteiger partial charge in [-0.1, -0.05) is 23.7 Å². The fourth-order valence-electron chi connectivity index (χ4n) is 2.59. The lowest BCUT2D eigenvalue weighted by atomic mass is 10.2. The molecule has 6 heteroatoms. The number of furan rings is 1. The van der Waals surface area contributed by atoms with Crippen LogP contribution in [0.3, 0.4) is 0 Å². The van der Waals surface area contributed by atoms with Crippen LogP contribution in [0, 0.1) is 6.92 Å². The van der Waals surface area contributed by atoms with Gasteiger partial charge in [-0.15, -0.1) is 11.3 Å². The van der Waals surface area contributed by atoms with E-state index in [-0.39, 0.29) is 5.91 Å². The molecule has 3 aromatic rings. The predicted octanol–water partition coefficient (Wildman–Crippen LogP) is 5.30. The fraction of sp³-hybridized carbons (Fsp3) is 0.250. The van der Waals surface area contributed by atoms with Gasteiger partial charge in [0.25, 0.3) is 5.91 Å². The molecule has 0 spiro atoms. The van der Waals surface area contributed by atoms with Crippen LogP contribution in [0.5, 0.6) is 5.75 Å². The quantitative estimate of drug-likeness (QED) is 0.550. The second-order valence-electron chi connectivity index (χ2n) is 6.05. The normalized spacial score (nSPS) is 12.0. The third-order valence-electron chi connectivity index (χ3n) is 3.90. The van der Waals surface area contributed by atoms with Crippen molar-refractivity contribution in [3.63, 3.8) is 0 Å². The zero-order chi connectivity index (χ0) is 18.5. The van der Waals surface area contributed by atoms with E-state index >= 15 is 0 Å². The van der Waals surface area contributed by atoms with Gasteiger partial charge >= 0.3 is 0 Å². The summed E-state index contributed by atoms with van der Waals surface area (Å²) in [6.45, 7) is 4.59. The van der Waals surface area contributed by atoms with Gasteiger partial charge in [-0.05, 0) is 55.1 Å². The number of aryl methyl sites for hydroxylation is 1. The fourth-order valence-corrected chi connectivity index (χ4v) is 3.47. The second kappa shape index (κ2) is 8.43. The van der Waals surface area contributed by atoms with Crippen molar-refractivity contribution in [3.8, 4) is 5.75 Å². The predicted molar refractivity (Wildman–Crippen MR) is 104 cm³/mol. The number of hydrogen-bond acceptors (Lipinski definition) is 4. The first kappa shape index (κ1) is 18.5. The molecule has 1 unspecified atom stereocenters. The SMILES string of the molecule is Cc1ccc(Cl)c(OC(C)C(=O)N(Cc2ccco2)Cc2cccs2)c1. The number of hydrogen-bond donors (Lipinski definition) is 0. The van der Waals surface area contributed by atoms with Crippen LogP contribution < -0.4 is 4.74 Å². The summed E-state index contributed by atoms with van der Waals surface area (Å²) in [6.07, 6.45) is 0.944. The first-order valence-electron chi connectivity index (χ1n) is 8.29. The lowest BCUT2D eigenvalue weighted by molar-refractivity contribution is -0.139. The number of halogens is 1. The third kappa shape index (κ3) is 4.68. The van der Waals surface area contributed by atoms with Crippen molar-refractivity contribution in [3.05, 3.63) is 75.3 Å². The standard InChI is InChI=1S/C20H20ClNO3S/c1-14-7-8-18(21)19(11-14)25-15(2)20(23)22(12-16-5-3-9-24-16)13-17-6-4-10-26-17/h3-11,15H,12-13H2,1-2H3. The Balaban J connectivity index is 1.75. The molecule has 0 aliphatic carbocycles. The van der Waals surface area contributed by atoms with Gasteiger partial charge in [-0.25, -0.2) is 0 Å².